The number of hydrogen-bond donors (Lipinski definition) is 1. The quantitative estimate of drug-likeness (QED) is 0.425. The number of rotatable bonds is 10. The molecule has 186 valence electrons. The normalized spacial score (nSPS) is 12.2. The molecule has 0 bridgehead atoms. The lowest BCUT2D eigenvalue weighted by Crippen LogP contribution is -2.30. The Morgan fingerprint density at radius 1 is 0.857 bits per heavy atom. The van der Waals surface area contributed by atoms with E-state index in [9.17, 15) is 13.2 Å². The summed E-state index contributed by atoms with van der Waals surface area (Å²) in [5.41, 5.74) is 1.90. The highest BCUT2D eigenvalue weighted by Gasteiger charge is 2.22. The topological polar surface area (TPSA) is 84.9 Å². The fourth-order valence-corrected chi connectivity index (χ4v) is 4.89. The second-order valence-electron chi connectivity index (χ2n) is 8.62. The molecule has 7 nitrogen and oxygen atoms in total. The van der Waals surface area contributed by atoms with E-state index in [0.717, 1.165) is 17.7 Å². The number of sulfonamides is 1. The van der Waals surface area contributed by atoms with Gasteiger partial charge < -0.3 is 14.8 Å². The highest BCUT2D eigenvalue weighted by atomic mass is 32.2. The maximum absolute atomic E-state index is 13.0. The van der Waals surface area contributed by atoms with E-state index in [-0.39, 0.29) is 16.8 Å². The van der Waals surface area contributed by atoms with Crippen molar-refractivity contribution in [1.29, 1.82) is 0 Å². The van der Waals surface area contributed by atoms with E-state index in [1.165, 1.54) is 30.6 Å². The summed E-state index contributed by atoms with van der Waals surface area (Å²) < 4.78 is 37.5. The smallest absolute Gasteiger partial charge is 0.264 e. The van der Waals surface area contributed by atoms with Crippen LogP contribution in [-0.2, 0) is 10.0 Å². The molecule has 1 N–H and O–H groups in total. The molecule has 0 aliphatic carbocycles. The Kier molecular flexibility index (Phi) is 8.40. The molecule has 0 aliphatic heterocycles. The lowest BCUT2D eigenvalue weighted by Gasteiger charge is -2.22. The van der Waals surface area contributed by atoms with Gasteiger partial charge in [-0.15, -0.1) is 0 Å². The van der Waals surface area contributed by atoms with E-state index in [0.29, 0.717) is 22.9 Å². The van der Waals surface area contributed by atoms with E-state index < -0.39 is 10.0 Å². The fourth-order valence-electron chi connectivity index (χ4n) is 3.69. The van der Waals surface area contributed by atoms with Crippen LogP contribution in [-0.4, -0.2) is 35.6 Å². The van der Waals surface area contributed by atoms with Gasteiger partial charge in [0.2, 0.25) is 0 Å². The highest BCUT2D eigenvalue weighted by Crippen LogP contribution is 2.26. The minimum absolute atomic E-state index is 0.152. The zero-order chi connectivity index (χ0) is 25.6. The second kappa shape index (κ2) is 11.3. The third-order valence-electron chi connectivity index (χ3n) is 5.74. The van der Waals surface area contributed by atoms with Crippen molar-refractivity contribution in [2.75, 3.05) is 25.6 Å². The minimum Gasteiger partial charge on any atom is -0.497 e. The van der Waals surface area contributed by atoms with Gasteiger partial charge in [0.1, 0.15) is 11.5 Å². The Morgan fingerprint density at radius 3 is 1.86 bits per heavy atom. The zero-order valence-electron chi connectivity index (χ0n) is 20.7. The predicted octanol–water partition coefficient (Wildman–Crippen LogP) is 5.05. The maximum Gasteiger partial charge on any atom is 0.264 e. The van der Waals surface area contributed by atoms with Gasteiger partial charge >= 0.3 is 0 Å². The van der Waals surface area contributed by atoms with Gasteiger partial charge in [0, 0.05) is 12.6 Å². The van der Waals surface area contributed by atoms with Crippen LogP contribution in [0.3, 0.4) is 0 Å². The molecule has 0 unspecified atom stereocenters. The number of carbonyl (C=O) groups is 1. The molecule has 1 atom stereocenters. The number of benzene rings is 3. The molecule has 0 saturated carbocycles. The van der Waals surface area contributed by atoms with E-state index >= 15 is 0 Å². The standard InChI is InChI=1S/C27H32N2O5S/c1-19(2)18-26(20-8-12-23(33-4)13-9-20)28-27(30)21-6-10-22(11-7-21)29(3)35(31,32)25-16-14-24(34-5)15-17-25/h6-17,19,26H,18H2,1-5H3,(H,28,30)/t26-/m0/s1. The molecule has 3 aromatic rings. The van der Waals surface area contributed by atoms with Gasteiger partial charge in [-0.2, -0.15) is 0 Å². The van der Waals surface area contributed by atoms with Crippen LogP contribution in [0.2, 0.25) is 0 Å². The summed E-state index contributed by atoms with van der Waals surface area (Å²) >= 11 is 0. The van der Waals surface area contributed by atoms with Crippen molar-refractivity contribution < 1.29 is 22.7 Å². The minimum atomic E-state index is -3.76. The first kappa shape index (κ1) is 26.1. The summed E-state index contributed by atoms with van der Waals surface area (Å²) in [6.07, 6.45) is 0.777. The summed E-state index contributed by atoms with van der Waals surface area (Å²) in [5.74, 6) is 1.49. The Morgan fingerprint density at radius 2 is 1.37 bits per heavy atom. The Hall–Kier alpha value is -3.52. The number of nitrogens with zero attached hydrogens (tertiary/aromatic N) is 1. The van der Waals surface area contributed by atoms with Crippen molar-refractivity contribution in [3.8, 4) is 11.5 Å². The molecular weight excluding hydrogens is 464 g/mol. The first-order valence-corrected chi connectivity index (χ1v) is 12.8. The molecule has 3 aromatic carbocycles. The summed E-state index contributed by atoms with van der Waals surface area (Å²) in [4.78, 5) is 13.2. The maximum atomic E-state index is 13.0. The van der Waals surface area contributed by atoms with Gasteiger partial charge in [0.05, 0.1) is 30.8 Å². The summed E-state index contributed by atoms with van der Waals surface area (Å²) in [5, 5.41) is 3.11. The number of methoxy groups -OCH3 is 2. The monoisotopic (exact) mass is 496 g/mol. The number of nitrogens with one attached hydrogen (secondary N) is 1. The van der Waals surface area contributed by atoms with E-state index in [2.05, 4.69) is 19.2 Å². The number of amides is 1. The molecule has 0 spiro atoms. The molecular formula is C27H32N2O5S. The average molecular weight is 497 g/mol. The number of hydrogen-bond acceptors (Lipinski definition) is 5. The molecule has 0 aromatic heterocycles. The van der Waals surface area contributed by atoms with Crippen molar-refractivity contribution >= 4 is 21.6 Å². The van der Waals surface area contributed by atoms with Crippen molar-refractivity contribution in [2.45, 2.75) is 31.2 Å². The van der Waals surface area contributed by atoms with Crippen LogP contribution >= 0.6 is 0 Å². The van der Waals surface area contributed by atoms with E-state index in [4.69, 9.17) is 9.47 Å². The predicted molar refractivity (Wildman–Crippen MR) is 138 cm³/mol. The number of carbonyl (C=O) groups excluding carboxylic acids is 1. The van der Waals surface area contributed by atoms with Crippen LogP contribution in [0.1, 0.15) is 42.2 Å². The van der Waals surface area contributed by atoms with Gasteiger partial charge in [-0.25, -0.2) is 8.42 Å². The molecule has 0 aliphatic rings. The summed E-state index contributed by atoms with van der Waals surface area (Å²) in [7, 11) is 0.866. The van der Waals surface area contributed by atoms with Crippen LogP contribution in [0.4, 0.5) is 5.69 Å². The molecule has 0 radical (unpaired) electrons. The summed E-state index contributed by atoms with van der Waals surface area (Å²) in [6, 6.07) is 20.2. The van der Waals surface area contributed by atoms with Gasteiger partial charge in [0.25, 0.3) is 15.9 Å². The molecule has 0 heterocycles. The first-order chi connectivity index (χ1) is 16.6. The van der Waals surface area contributed by atoms with Gasteiger partial charge in [0.15, 0.2) is 0 Å². The molecule has 35 heavy (non-hydrogen) atoms. The van der Waals surface area contributed by atoms with Crippen LogP contribution in [0.5, 0.6) is 11.5 Å². The van der Waals surface area contributed by atoms with Crippen LogP contribution in [0.15, 0.2) is 77.7 Å². The SMILES string of the molecule is COc1ccc([C@H](CC(C)C)NC(=O)c2ccc(N(C)S(=O)(=O)c3ccc(OC)cc3)cc2)cc1. The Balaban J connectivity index is 1.76. The summed E-state index contributed by atoms with van der Waals surface area (Å²) in [6.45, 7) is 4.22. The fraction of sp³-hybridized carbons (Fsp3) is 0.296. The number of ether oxygens (including phenoxy) is 2. The lowest BCUT2D eigenvalue weighted by molar-refractivity contribution is 0.0932. The average Bonchev–Trinajstić information content (AvgIpc) is 2.87. The third kappa shape index (κ3) is 6.33. The largest absolute Gasteiger partial charge is 0.497 e. The Bertz CT molecular complexity index is 1220. The van der Waals surface area contributed by atoms with E-state index in [1.54, 1.807) is 43.5 Å². The van der Waals surface area contributed by atoms with Crippen molar-refractivity contribution in [1.82, 2.24) is 5.32 Å². The zero-order valence-corrected chi connectivity index (χ0v) is 21.5. The molecule has 1 amide bonds. The molecule has 0 fully saturated rings. The first-order valence-electron chi connectivity index (χ1n) is 11.3. The highest BCUT2D eigenvalue weighted by molar-refractivity contribution is 7.92. The van der Waals surface area contributed by atoms with E-state index in [1.807, 2.05) is 24.3 Å². The Labute approximate surface area is 207 Å². The molecule has 0 saturated heterocycles. The van der Waals surface area contributed by atoms with Gasteiger partial charge in [-0.3, -0.25) is 9.10 Å². The van der Waals surface area contributed by atoms with Gasteiger partial charge in [-0.1, -0.05) is 26.0 Å². The molecule has 3 rings (SSSR count). The van der Waals surface area contributed by atoms with Gasteiger partial charge in [-0.05, 0) is 78.6 Å². The third-order valence-corrected chi connectivity index (χ3v) is 7.54. The second-order valence-corrected chi connectivity index (χ2v) is 10.6. The van der Waals surface area contributed by atoms with Crippen molar-refractivity contribution in [2.24, 2.45) is 5.92 Å². The van der Waals surface area contributed by atoms with Crippen LogP contribution < -0.4 is 19.1 Å². The number of anilines is 1. The van der Waals surface area contributed by atoms with Crippen LogP contribution in [0, 0.1) is 5.92 Å². The lowest BCUT2D eigenvalue weighted by atomic mass is 9.96. The molecule has 8 heteroatoms. The van der Waals surface area contributed by atoms with Crippen molar-refractivity contribution in [3.63, 3.8) is 0 Å². The van der Waals surface area contributed by atoms with Crippen LogP contribution in [0.25, 0.3) is 0 Å². The van der Waals surface area contributed by atoms with Crippen molar-refractivity contribution in [3.05, 3.63) is 83.9 Å².